The average molecular weight is 850 g/mol. The number of benzene rings is 8. The number of aryl methyl sites for hydroxylation is 1. The fourth-order valence-corrected chi connectivity index (χ4v) is 9.85. The first-order valence-corrected chi connectivity index (χ1v) is 22.7. The molecule has 1 aliphatic heterocycles. The predicted octanol–water partition coefficient (Wildman–Crippen LogP) is 14.5. The maximum Gasteiger partial charge on any atom is 0.164 e. The van der Waals surface area contributed by atoms with Crippen LogP contribution in [0.2, 0.25) is 0 Å². The Morgan fingerprint density at radius 1 is 0.364 bits per heavy atom. The highest BCUT2D eigenvalue weighted by Gasteiger charge is 2.51. The molecule has 0 N–H and O–H groups in total. The zero-order chi connectivity index (χ0) is 44.0. The van der Waals surface area contributed by atoms with E-state index in [0.29, 0.717) is 23.3 Å². The Hall–Kier alpha value is -8.35. The molecule has 0 amide bonds. The molecular weight excluding hydrogens is 807 g/mol. The van der Waals surface area contributed by atoms with Crippen molar-refractivity contribution in [1.29, 1.82) is 0 Å². The molecule has 1 atom stereocenters. The van der Waals surface area contributed by atoms with Gasteiger partial charge in [-0.1, -0.05) is 195 Å². The van der Waals surface area contributed by atoms with Crippen LogP contribution in [0.3, 0.4) is 0 Å². The summed E-state index contributed by atoms with van der Waals surface area (Å²) >= 11 is 0. The van der Waals surface area contributed by atoms with Gasteiger partial charge in [0.1, 0.15) is 11.5 Å². The average Bonchev–Trinajstić information content (AvgIpc) is 3.68. The van der Waals surface area contributed by atoms with Crippen LogP contribution in [-0.4, -0.2) is 24.9 Å². The summed E-state index contributed by atoms with van der Waals surface area (Å²) in [5.41, 5.74) is 14.9. The monoisotopic (exact) mass is 849 g/mol. The smallest absolute Gasteiger partial charge is 0.164 e. The second kappa shape index (κ2) is 16.3. The van der Waals surface area contributed by atoms with E-state index in [9.17, 15) is 0 Å². The normalized spacial score (nSPS) is 14.2. The van der Waals surface area contributed by atoms with Gasteiger partial charge in [-0.15, -0.1) is 0 Å². The van der Waals surface area contributed by atoms with E-state index in [0.717, 1.165) is 92.2 Å². The summed E-state index contributed by atoms with van der Waals surface area (Å²) in [5.74, 6) is 4.24. The molecule has 8 aromatic carbocycles. The lowest BCUT2D eigenvalue weighted by Crippen LogP contribution is -2.32. The van der Waals surface area contributed by atoms with Gasteiger partial charge in [-0.2, -0.15) is 0 Å². The Morgan fingerprint density at radius 2 is 0.833 bits per heavy atom. The number of fused-ring (bicyclic) bond motifs is 9. The zero-order valence-corrected chi connectivity index (χ0v) is 36.4. The van der Waals surface area contributed by atoms with Crippen LogP contribution < -0.4 is 4.74 Å². The quantitative estimate of drug-likeness (QED) is 0.144. The molecular formula is C60H43N5O. The Morgan fingerprint density at radius 3 is 1.45 bits per heavy atom. The van der Waals surface area contributed by atoms with Crippen LogP contribution in [0, 0.1) is 0 Å². The molecule has 2 aromatic heterocycles. The summed E-state index contributed by atoms with van der Waals surface area (Å²) in [6.07, 6.45) is 3.21. The zero-order valence-electron chi connectivity index (χ0n) is 36.4. The number of nitrogens with zero attached hydrogens (tertiary/aromatic N) is 5. The minimum absolute atomic E-state index is 0.622. The van der Waals surface area contributed by atoms with E-state index in [-0.39, 0.29) is 0 Å². The molecule has 0 fully saturated rings. The van der Waals surface area contributed by atoms with Crippen LogP contribution in [-0.2, 0) is 11.8 Å². The van der Waals surface area contributed by atoms with Crippen LogP contribution in [0.4, 0.5) is 0 Å². The molecule has 10 aromatic rings. The Balaban J connectivity index is 1.06. The number of aromatic nitrogens is 5. The minimum Gasteiger partial charge on any atom is -0.457 e. The van der Waals surface area contributed by atoms with E-state index in [1.54, 1.807) is 0 Å². The number of ether oxygens (including phenoxy) is 1. The molecule has 314 valence electrons. The van der Waals surface area contributed by atoms with Crippen LogP contribution in [0.1, 0.15) is 47.6 Å². The molecule has 1 spiro atoms. The van der Waals surface area contributed by atoms with Gasteiger partial charge in [0.15, 0.2) is 23.3 Å². The highest BCUT2D eigenvalue weighted by Crippen LogP contribution is 2.62. The van der Waals surface area contributed by atoms with E-state index >= 15 is 0 Å². The fourth-order valence-electron chi connectivity index (χ4n) is 9.85. The Bertz CT molecular complexity index is 3320. The van der Waals surface area contributed by atoms with Crippen LogP contribution in [0.25, 0.3) is 79.2 Å². The van der Waals surface area contributed by atoms with E-state index in [4.69, 9.17) is 29.7 Å². The molecule has 3 heterocycles. The molecule has 6 heteroatoms. The van der Waals surface area contributed by atoms with E-state index in [1.165, 1.54) is 22.3 Å². The number of hydrogen-bond acceptors (Lipinski definition) is 6. The van der Waals surface area contributed by atoms with Crippen LogP contribution in [0.15, 0.2) is 206 Å². The number of unbranched alkanes of at least 4 members (excludes halogenated alkanes) is 1. The third-order valence-electron chi connectivity index (χ3n) is 13.0. The van der Waals surface area contributed by atoms with Crippen molar-refractivity contribution in [3.8, 4) is 90.7 Å². The van der Waals surface area contributed by atoms with Crippen molar-refractivity contribution in [1.82, 2.24) is 24.9 Å². The van der Waals surface area contributed by atoms with Gasteiger partial charge < -0.3 is 4.74 Å². The van der Waals surface area contributed by atoms with Crippen molar-refractivity contribution in [2.75, 3.05) is 0 Å². The Kier molecular flexibility index (Phi) is 9.71. The molecule has 12 rings (SSSR count). The number of hydrogen-bond donors (Lipinski definition) is 0. The van der Waals surface area contributed by atoms with Crippen LogP contribution >= 0.6 is 0 Å². The molecule has 0 bridgehead atoms. The van der Waals surface area contributed by atoms with Gasteiger partial charge in [-0.3, -0.25) is 0 Å². The molecule has 1 unspecified atom stereocenters. The maximum atomic E-state index is 7.14. The van der Waals surface area contributed by atoms with Crippen molar-refractivity contribution >= 4 is 0 Å². The third-order valence-corrected chi connectivity index (χ3v) is 13.0. The lowest BCUT2D eigenvalue weighted by Gasteiger charge is -2.39. The standard InChI is InChI=1S/C60H43N5O/c1-2-3-18-39-29-32-50-54(35-39)66-55-37-44(53-38-52(40-19-8-4-9-20-40)61-56(62-53)41-21-10-5-11-22-41)30-34-51(55)60(50)48-28-17-16-27-46(48)47-36-45(31-33-49(47)60)59-64-57(42-23-12-6-13-24-42)63-58(65-59)43-25-14-7-15-26-43/h4-17,19-38H,2-3,18H2,1H3. The van der Waals surface area contributed by atoms with Gasteiger partial charge in [-0.25, -0.2) is 24.9 Å². The highest BCUT2D eigenvalue weighted by atomic mass is 16.5. The van der Waals surface area contributed by atoms with Gasteiger partial charge in [0, 0.05) is 44.5 Å². The van der Waals surface area contributed by atoms with Gasteiger partial charge in [-0.05, 0) is 64.9 Å². The van der Waals surface area contributed by atoms with Crippen molar-refractivity contribution in [3.63, 3.8) is 0 Å². The topological polar surface area (TPSA) is 73.7 Å². The summed E-state index contributed by atoms with van der Waals surface area (Å²) in [5, 5.41) is 0. The molecule has 0 radical (unpaired) electrons. The maximum absolute atomic E-state index is 7.14. The second-order valence-corrected chi connectivity index (χ2v) is 17.0. The van der Waals surface area contributed by atoms with E-state index in [1.807, 2.05) is 97.1 Å². The molecule has 66 heavy (non-hydrogen) atoms. The lowest BCUT2D eigenvalue weighted by molar-refractivity contribution is 0.436. The second-order valence-electron chi connectivity index (χ2n) is 17.0. The first-order valence-electron chi connectivity index (χ1n) is 22.7. The minimum atomic E-state index is -0.672. The third kappa shape index (κ3) is 6.69. The molecule has 1 aliphatic carbocycles. The van der Waals surface area contributed by atoms with Gasteiger partial charge in [0.2, 0.25) is 0 Å². The summed E-state index contributed by atoms with van der Waals surface area (Å²) in [6, 6.07) is 72.0. The van der Waals surface area contributed by atoms with Crippen LogP contribution in [0.5, 0.6) is 11.5 Å². The van der Waals surface area contributed by atoms with Crippen molar-refractivity contribution in [2.24, 2.45) is 0 Å². The summed E-state index contributed by atoms with van der Waals surface area (Å²) in [6.45, 7) is 2.24. The van der Waals surface area contributed by atoms with Gasteiger partial charge in [0.25, 0.3) is 0 Å². The fraction of sp³-hybridized carbons (Fsp3) is 0.0833. The number of rotatable bonds is 9. The largest absolute Gasteiger partial charge is 0.457 e. The highest BCUT2D eigenvalue weighted by molar-refractivity contribution is 5.91. The SMILES string of the molecule is CCCCc1ccc2c(c1)Oc1cc(-c3cc(-c4ccccc4)nc(-c4ccccc4)n3)ccc1C21c2ccccc2-c2cc(-c3nc(-c4ccccc4)nc(-c4ccccc4)n3)ccc21. The van der Waals surface area contributed by atoms with Crippen molar-refractivity contribution in [3.05, 3.63) is 234 Å². The van der Waals surface area contributed by atoms with Crippen molar-refractivity contribution < 1.29 is 4.74 Å². The first-order chi connectivity index (χ1) is 32.6. The molecule has 2 aliphatic rings. The molecule has 6 nitrogen and oxygen atoms in total. The van der Waals surface area contributed by atoms with Gasteiger partial charge >= 0.3 is 0 Å². The van der Waals surface area contributed by atoms with E-state index < -0.39 is 5.41 Å². The summed E-state index contributed by atoms with van der Waals surface area (Å²) in [4.78, 5) is 25.5. The first kappa shape index (κ1) is 39.3. The van der Waals surface area contributed by atoms with Crippen molar-refractivity contribution in [2.45, 2.75) is 31.6 Å². The molecule has 0 saturated carbocycles. The van der Waals surface area contributed by atoms with E-state index in [2.05, 4.69) is 116 Å². The summed E-state index contributed by atoms with van der Waals surface area (Å²) in [7, 11) is 0. The molecule has 0 saturated heterocycles. The predicted molar refractivity (Wildman–Crippen MR) is 264 cm³/mol. The summed E-state index contributed by atoms with van der Waals surface area (Å²) < 4.78 is 7.14. The van der Waals surface area contributed by atoms with Gasteiger partial charge in [0.05, 0.1) is 16.8 Å². The lowest BCUT2D eigenvalue weighted by atomic mass is 9.65. The Labute approximate surface area is 384 Å².